The molecule has 2 saturated heterocycles. The van der Waals surface area contributed by atoms with Crippen molar-refractivity contribution in [2.24, 2.45) is 5.41 Å². The molecule has 0 N–H and O–H groups in total. The first-order chi connectivity index (χ1) is 13.9. The van der Waals surface area contributed by atoms with E-state index in [-0.39, 0.29) is 16.0 Å². The van der Waals surface area contributed by atoms with Crippen molar-refractivity contribution in [2.45, 2.75) is 38.4 Å². The van der Waals surface area contributed by atoms with Gasteiger partial charge in [-0.3, -0.25) is 9.88 Å². The Labute approximate surface area is 173 Å². The largest absolute Gasteiger partial charge is 0.433 e. The van der Waals surface area contributed by atoms with Crippen molar-refractivity contribution >= 4 is 10.0 Å². The summed E-state index contributed by atoms with van der Waals surface area (Å²) in [6.07, 6.45) is -4.60. The number of hydrogen-bond acceptors (Lipinski definition) is 5. The van der Waals surface area contributed by atoms with E-state index in [2.05, 4.69) is 20.9 Å². The van der Waals surface area contributed by atoms with Gasteiger partial charge in [0.1, 0.15) is 10.6 Å². The zero-order valence-corrected chi connectivity index (χ0v) is 17.8. The Hall–Kier alpha value is -2.04. The molecule has 162 valence electrons. The molecule has 0 amide bonds. The molecule has 10 heteroatoms. The summed E-state index contributed by atoms with van der Waals surface area (Å²) in [5.41, 5.74) is 1.83. The van der Waals surface area contributed by atoms with E-state index in [0.29, 0.717) is 13.1 Å². The van der Waals surface area contributed by atoms with Crippen molar-refractivity contribution in [2.75, 3.05) is 26.2 Å². The summed E-state index contributed by atoms with van der Waals surface area (Å²) < 4.78 is 65.4. The number of alkyl halides is 3. The van der Waals surface area contributed by atoms with Crippen LogP contribution in [-0.4, -0.2) is 53.8 Å². The minimum absolute atomic E-state index is 0.0770. The first-order valence-electron chi connectivity index (χ1n) is 9.60. The summed E-state index contributed by atoms with van der Waals surface area (Å²) in [5.74, 6) is 0. The maximum Gasteiger partial charge on any atom is 0.433 e. The van der Waals surface area contributed by atoms with Crippen LogP contribution in [0.15, 0.2) is 29.2 Å². The molecule has 0 radical (unpaired) electrons. The van der Waals surface area contributed by atoms with E-state index in [0.717, 1.165) is 48.7 Å². The second-order valence-electron chi connectivity index (χ2n) is 8.39. The normalized spacial score (nSPS) is 19.5. The Morgan fingerprint density at radius 3 is 2.20 bits per heavy atom. The van der Waals surface area contributed by atoms with Crippen molar-refractivity contribution in [3.8, 4) is 0 Å². The number of halogens is 3. The second-order valence-corrected chi connectivity index (χ2v) is 10.3. The molecule has 0 saturated carbocycles. The Balaban J connectivity index is 1.39. The lowest BCUT2D eigenvalue weighted by Crippen LogP contribution is -2.72. The summed E-state index contributed by atoms with van der Waals surface area (Å²) in [5, 5.41) is 0. The van der Waals surface area contributed by atoms with Crippen LogP contribution in [0.25, 0.3) is 0 Å². The Morgan fingerprint density at radius 1 is 0.967 bits per heavy atom. The van der Waals surface area contributed by atoms with Crippen LogP contribution in [0.3, 0.4) is 0 Å². The lowest BCUT2D eigenvalue weighted by atomic mass is 9.74. The number of sulfonamides is 1. The molecular weight excluding hydrogens is 417 g/mol. The third-order valence-corrected chi connectivity index (χ3v) is 7.74. The SMILES string of the molecule is Cc1ccc(CN2CC3(C2)CN(S(=O)(=O)c2ccc(C(F)(F)F)nc2C)C3)c(C)n1. The van der Waals surface area contributed by atoms with Crippen LogP contribution in [0, 0.1) is 26.2 Å². The fourth-order valence-electron chi connectivity index (χ4n) is 4.33. The maximum atomic E-state index is 12.9. The molecule has 0 atom stereocenters. The number of likely N-dealkylation sites (tertiary alicyclic amines) is 1. The van der Waals surface area contributed by atoms with Gasteiger partial charge in [-0.15, -0.1) is 0 Å². The summed E-state index contributed by atoms with van der Waals surface area (Å²) in [7, 11) is -3.86. The molecule has 2 aromatic heterocycles. The zero-order valence-electron chi connectivity index (χ0n) is 17.0. The Kier molecular flexibility index (Phi) is 4.94. The van der Waals surface area contributed by atoms with Gasteiger partial charge in [-0.25, -0.2) is 13.4 Å². The van der Waals surface area contributed by atoms with Crippen molar-refractivity contribution in [1.29, 1.82) is 0 Å². The highest BCUT2D eigenvalue weighted by Gasteiger charge is 2.55. The first-order valence-corrected chi connectivity index (χ1v) is 11.0. The highest BCUT2D eigenvalue weighted by molar-refractivity contribution is 7.89. The van der Waals surface area contributed by atoms with Gasteiger partial charge in [0.15, 0.2) is 0 Å². The van der Waals surface area contributed by atoms with Gasteiger partial charge in [-0.2, -0.15) is 17.5 Å². The molecule has 4 rings (SSSR count). The van der Waals surface area contributed by atoms with Gasteiger partial charge < -0.3 is 0 Å². The Bertz CT molecular complexity index is 1090. The van der Waals surface area contributed by atoms with Crippen LogP contribution < -0.4 is 0 Å². The number of rotatable bonds is 4. The number of hydrogen-bond donors (Lipinski definition) is 0. The van der Waals surface area contributed by atoms with Crippen molar-refractivity contribution in [3.05, 3.63) is 52.6 Å². The van der Waals surface area contributed by atoms with Gasteiger partial charge in [-0.05, 0) is 44.5 Å². The van der Waals surface area contributed by atoms with Crippen molar-refractivity contribution < 1.29 is 21.6 Å². The minimum atomic E-state index is -4.60. The fourth-order valence-corrected chi connectivity index (χ4v) is 6.15. The van der Waals surface area contributed by atoms with Gasteiger partial charge in [0.25, 0.3) is 0 Å². The fraction of sp³-hybridized carbons (Fsp3) is 0.500. The second kappa shape index (κ2) is 7.00. The molecule has 2 aliphatic heterocycles. The highest BCUT2D eigenvalue weighted by atomic mass is 32.2. The van der Waals surface area contributed by atoms with Crippen LogP contribution in [0.5, 0.6) is 0 Å². The van der Waals surface area contributed by atoms with Gasteiger partial charge >= 0.3 is 6.18 Å². The lowest BCUT2D eigenvalue weighted by molar-refractivity contribution is -0.141. The zero-order chi connectivity index (χ0) is 21.9. The number of nitrogens with zero attached hydrogens (tertiary/aromatic N) is 4. The number of aromatic nitrogens is 2. The van der Waals surface area contributed by atoms with E-state index in [4.69, 9.17) is 0 Å². The van der Waals surface area contributed by atoms with E-state index in [1.807, 2.05) is 19.9 Å². The van der Waals surface area contributed by atoms with Gasteiger partial charge in [0, 0.05) is 49.5 Å². The summed E-state index contributed by atoms with van der Waals surface area (Å²) >= 11 is 0. The standard InChI is InChI=1S/C20H23F3N4O2S/c1-13-4-5-16(14(2)24-13)8-26-9-19(10-26)11-27(12-19)30(28,29)17-6-7-18(20(21,22)23)25-15(17)3/h4-7H,8-12H2,1-3H3. The monoisotopic (exact) mass is 440 g/mol. The minimum Gasteiger partial charge on any atom is -0.298 e. The lowest BCUT2D eigenvalue weighted by Gasteiger charge is -2.59. The molecule has 1 spiro atoms. The number of aryl methyl sites for hydroxylation is 3. The van der Waals surface area contributed by atoms with Crippen LogP contribution in [0.1, 0.15) is 28.3 Å². The van der Waals surface area contributed by atoms with Crippen LogP contribution in [0.2, 0.25) is 0 Å². The van der Waals surface area contributed by atoms with E-state index in [1.165, 1.54) is 11.2 Å². The molecule has 0 aromatic carbocycles. The predicted octanol–water partition coefficient (Wildman–Crippen LogP) is 2.93. The van der Waals surface area contributed by atoms with E-state index >= 15 is 0 Å². The molecule has 0 unspecified atom stereocenters. The first kappa shape index (κ1) is 21.2. The summed E-state index contributed by atoms with van der Waals surface area (Å²) in [4.78, 5) is 10.0. The van der Waals surface area contributed by atoms with E-state index in [1.54, 1.807) is 0 Å². The van der Waals surface area contributed by atoms with Crippen molar-refractivity contribution in [1.82, 2.24) is 19.2 Å². The summed E-state index contributed by atoms with van der Waals surface area (Å²) in [6, 6.07) is 5.78. The Morgan fingerprint density at radius 2 is 1.63 bits per heavy atom. The average Bonchev–Trinajstić information content (AvgIpc) is 2.56. The smallest absolute Gasteiger partial charge is 0.298 e. The molecule has 0 bridgehead atoms. The maximum absolute atomic E-state index is 12.9. The molecule has 2 aromatic rings. The molecule has 6 nitrogen and oxygen atoms in total. The third kappa shape index (κ3) is 3.72. The molecule has 4 heterocycles. The van der Waals surface area contributed by atoms with E-state index in [9.17, 15) is 21.6 Å². The van der Waals surface area contributed by atoms with Crippen molar-refractivity contribution in [3.63, 3.8) is 0 Å². The average molecular weight is 440 g/mol. The predicted molar refractivity (Wildman–Crippen MR) is 104 cm³/mol. The quantitative estimate of drug-likeness (QED) is 0.732. The van der Waals surface area contributed by atoms with Gasteiger partial charge in [-0.1, -0.05) is 6.07 Å². The topological polar surface area (TPSA) is 66.4 Å². The van der Waals surface area contributed by atoms with Crippen LogP contribution >= 0.6 is 0 Å². The summed E-state index contributed by atoms with van der Waals surface area (Å²) in [6.45, 7) is 8.32. The van der Waals surface area contributed by atoms with E-state index < -0.39 is 21.9 Å². The third-order valence-electron chi connectivity index (χ3n) is 5.82. The van der Waals surface area contributed by atoms with Gasteiger partial charge in [0.2, 0.25) is 10.0 Å². The molecule has 2 aliphatic rings. The van der Waals surface area contributed by atoms with Crippen LogP contribution in [-0.2, 0) is 22.7 Å². The number of pyridine rings is 2. The van der Waals surface area contributed by atoms with Gasteiger partial charge in [0.05, 0.1) is 5.69 Å². The molecule has 30 heavy (non-hydrogen) atoms. The highest BCUT2D eigenvalue weighted by Crippen LogP contribution is 2.43. The molecule has 2 fully saturated rings. The molecule has 0 aliphatic carbocycles. The molecular formula is C20H23F3N4O2S. The van der Waals surface area contributed by atoms with Crippen LogP contribution in [0.4, 0.5) is 13.2 Å².